The molecule has 1 atom stereocenters. The fourth-order valence-electron chi connectivity index (χ4n) is 2.79. The van der Waals surface area contributed by atoms with Gasteiger partial charge in [0.15, 0.2) is 5.75 Å². The molecule has 1 heterocycles. The molecule has 1 fully saturated rings. The lowest BCUT2D eigenvalue weighted by molar-refractivity contribution is -0.146. The van der Waals surface area contributed by atoms with Gasteiger partial charge in [-0.3, -0.25) is 4.79 Å². The molecule has 1 aliphatic rings. The highest BCUT2D eigenvalue weighted by Crippen LogP contribution is 2.33. The number of hydrogen-bond donors (Lipinski definition) is 2. The van der Waals surface area contributed by atoms with Crippen molar-refractivity contribution in [2.45, 2.75) is 13.3 Å². The molecular formula is C19H19ClN2O4. The fraction of sp³-hybridized carbons (Fsp3) is 0.263. The number of aliphatic carboxylic acids is 1. The molecule has 7 heteroatoms. The maximum Gasteiger partial charge on any atom is 0.321 e. The average molecular weight is 375 g/mol. The summed E-state index contributed by atoms with van der Waals surface area (Å²) in [6.45, 7) is 2.23. The van der Waals surface area contributed by atoms with Crippen molar-refractivity contribution in [2.24, 2.45) is 5.41 Å². The number of likely N-dealkylation sites (tertiary alicyclic amines) is 1. The number of hydrogen-bond acceptors (Lipinski definition) is 3. The summed E-state index contributed by atoms with van der Waals surface area (Å²) in [6.07, 6.45) is 0.429. The molecule has 3 rings (SSSR count). The number of ether oxygens (including phenoxy) is 1. The summed E-state index contributed by atoms with van der Waals surface area (Å²) >= 11 is 5.87. The van der Waals surface area contributed by atoms with Crippen molar-refractivity contribution in [1.82, 2.24) is 4.90 Å². The Kier molecular flexibility index (Phi) is 5.04. The summed E-state index contributed by atoms with van der Waals surface area (Å²) in [6, 6.07) is 13.6. The number of anilines is 1. The van der Waals surface area contributed by atoms with Crippen LogP contribution in [0, 0.1) is 5.41 Å². The van der Waals surface area contributed by atoms with Crippen molar-refractivity contribution >= 4 is 29.3 Å². The molecule has 1 aliphatic heterocycles. The van der Waals surface area contributed by atoms with E-state index in [1.807, 2.05) is 0 Å². The fourth-order valence-corrected chi connectivity index (χ4v) is 2.92. The van der Waals surface area contributed by atoms with Gasteiger partial charge in [0.25, 0.3) is 0 Å². The molecule has 26 heavy (non-hydrogen) atoms. The van der Waals surface area contributed by atoms with Gasteiger partial charge >= 0.3 is 12.0 Å². The summed E-state index contributed by atoms with van der Waals surface area (Å²) < 4.78 is 5.82. The summed E-state index contributed by atoms with van der Waals surface area (Å²) in [5.74, 6) is 0.193. The summed E-state index contributed by atoms with van der Waals surface area (Å²) in [5, 5.41) is 12.7. The van der Waals surface area contributed by atoms with Crippen LogP contribution in [0.1, 0.15) is 13.3 Å². The van der Waals surface area contributed by atoms with E-state index in [9.17, 15) is 14.7 Å². The predicted octanol–water partition coefficient (Wildman–Crippen LogP) is 4.46. The Morgan fingerprint density at radius 2 is 1.88 bits per heavy atom. The predicted molar refractivity (Wildman–Crippen MR) is 98.9 cm³/mol. The van der Waals surface area contributed by atoms with Crippen molar-refractivity contribution in [3.63, 3.8) is 0 Å². The Bertz CT molecular complexity index is 825. The molecule has 0 radical (unpaired) electrons. The molecular weight excluding hydrogens is 356 g/mol. The number of benzene rings is 2. The molecule has 0 spiro atoms. The number of para-hydroxylation sites is 2. The molecule has 0 aliphatic carbocycles. The Labute approximate surface area is 156 Å². The van der Waals surface area contributed by atoms with Crippen molar-refractivity contribution in [2.75, 3.05) is 18.4 Å². The zero-order chi connectivity index (χ0) is 18.7. The van der Waals surface area contributed by atoms with Crippen LogP contribution < -0.4 is 10.1 Å². The van der Waals surface area contributed by atoms with Gasteiger partial charge in [-0.15, -0.1) is 0 Å². The van der Waals surface area contributed by atoms with Crippen LogP contribution >= 0.6 is 11.6 Å². The van der Waals surface area contributed by atoms with Crippen LogP contribution in [-0.2, 0) is 4.79 Å². The molecule has 0 bridgehead atoms. The molecule has 0 aromatic heterocycles. The lowest BCUT2D eigenvalue weighted by Gasteiger charge is -2.21. The highest BCUT2D eigenvalue weighted by Gasteiger charge is 2.42. The van der Waals surface area contributed by atoms with Gasteiger partial charge in [0.2, 0.25) is 0 Å². The van der Waals surface area contributed by atoms with Gasteiger partial charge in [0, 0.05) is 18.1 Å². The second-order valence-electron chi connectivity index (χ2n) is 6.52. The zero-order valence-corrected chi connectivity index (χ0v) is 15.0. The third-order valence-electron chi connectivity index (χ3n) is 4.45. The SMILES string of the molecule is CC1(C(=O)O)CCN(C(=O)Nc2ccccc2Oc2ccc(Cl)cc2)C1. The Hall–Kier alpha value is -2.73. The molecule has 2 aromatic rings. The normalized spacial score (nSPS) is 19.2. The second kappa shape index (κ2) is 7.25. The molecule has 2 amide bonds. The number of nitrogens with zero attached hydrogens (tertiary/aromatic N) is 1. The third-order valence-corrected chi connectivity index (χ3v) is 4.70. The quantitative estimate of drug-likeness (QED) is 0.828. The van der Waals surface area contributed by atoms with E-state index in [1.165, 1.54) is 4.90 Å². The number of carbonyl (C=O) groups is 2. The molecule has 136 valence electrons. The minimum Gasteiger partial charge on any atom is -0.481 e. The standard InChI is InChI=1S/C19H19ClN2O4/c1-19(17(23)24)10-11-22(12-19)18(25)21-15-4-2-3-5-16(15)26-14-8-6-13(20)7-9-14/h2-9H,10-12H2,1H3,(H,21,25)(H,23,24). The Morgan fingerprint density at radius 1 is 1.19 bits per heavy atom. The van der Waals surface area contributed by atoms with Crippen LogP contribution in [0.5, 0.6) is 11.5 Å². The Morgan fingerprint density at radius 3 is 2.54 bits per heavy atom. The van der Waals surface area contributed by atoms with E-state index in [0.29, 0.717) is 35.2 Å². The van der Waals surface area contributed by atoms with E-state index in [4.69, 9.17) is 16.3 Å². The van der Waals surface area contributed by atoms with E-state index in [0.717, 1.165) is 0 Å². The second-order valence-corrected chi connectivity index (χ2v) is 6.96. The van der Waals surface area contributed by atoms with Crippen LogP contribution in [0.25, 0.3) is 0 Å². The molecule has 0 saturated carbocycles. The number of urea groups is 1. The first-order chi connectivity index (χ1) is 12.4. The van der Waals surface area contributed by atoms with E-state index in [-0.39, 0.29) is 12.6 Å². The minimum absolute atomic E-state index is 0.175. The van der Waals surface area contributed by atoms with Crippen LogP contribution in [0.3, 0.4) is 0 Å². The monoisotopic (exact) mass is 374 g/mol. The topological polar surface area (TPSA) is 78.9 Å². The highest BCUT2D eigenvalue weighted by atomic mass is 35.5. The number of rotatable bonds is 4. The minimum atomic E-state index is -0.906. The van der Waals surface area contributed by atoms with E-state index < -0.39 is 11.4 Å². The first-order valence-corrected chi connectivity index (χ1v) is 8.57. The lowest BCUT2D eigenvalue weighted by atomic mass is 9.90. The van der Waals surface area contributed by atoms with Gasteiger partial charge in [-0.25, -0.2) is 4.79 Å². The zero-order valence-electron chi connectivity index (χ0n) is 14.2. The van der Waals surface area contributed by atoms with Crippen LogP contribution in [0.15, 0.2) is 48.5 Å². The van der Waals surface area contributed by atoms with Gasteiger partial charge < -0.3 is 20.1 Å². The smallest absolute Gasteiger partial charge is 0.321 e. The maximum absolute atomic E-state index is 12.5. The summed E-state index contributed by atoms with van der Waals surface area (Å²) in [4.78, 5) is 25.4. The average Bonchev–Trinajstić information content (AvgIpc) is 3.03. The number of amides is 2. The Balaban J connectivity index is 1.71. The van der Waals surface area contributed by atoms with Gasteiger partial charge in [-0.1, -0.05) is 23.7 Å². The largest absolute Gasteiger partial charge is 0.481 e. The van der Waals surface area contributed by atoms with Crippen LogP contribution in [-0.4, -0.2) is 35.1 Å². The number of halogens is 1. The molecule has 2 aromatic carbocycles. The van der Waals surface area contributed by atoms with Crippen molar-refractivity contribution < 1.29 is 19.4 Å². The van der Waals surface area contributed by atoms with Gasteiger partial charge in [-0.05, 0) is 49.7 Å². The van der Waals surface area contributed by atoms with Gasteiger partial charge in [-0.2, -0.15) is 0 Å². The first kappa shape index (κ1) is 18.1. The maximum atomic E-state index is 12.5. The van der Waals surface area contributed by atoms with Crippen LogP contribution in [0.2, 0.25) is 5.02 Å². The number of carboxylic acids is 1. The summed E-state index contributed by atoms with van der Waals surface area (Å²) in [5.41, 5.74) is -0.396. The van der Waals surface area contributed by atoms with E-state index >= 15 is 0 Å². The molecule has 6 nitrogen and oxygen atoms in total. The number of carboxylic acid groups (broad SMARTS) is 1. The van der Waals surface area contributed by atoms with E-state index in [2.05, 4.69) is 5.32 Å². The van der Waals surface area contributed by atoms with Gasteiger partial charge in [0.05, 0.1) is 11.1 Å². The van der Waals surface area contributed by atoms with Crippen molar-refractivity contribution in [3.8, 4) is 11.5 Å². The molecule has 2 N–H and O–H groups in total. The van der Waals surface area contributed by atoms with E-state index in [1.54, 1.807) is 55.5 Å². The molecule has 1 unspecified atom stereocenters. The number of carbonyl (C=O) groups excluding carboxylic acids is 1. The van der Waals surface area contributed by atoms with Crippen LogP contribution in [0.4, 0.5) is 10.5 Å². The number of nitrogens with one attached hydrogen (secondary N) is 1. The summed E-state index contributed by atoms with van der Waals surface area (Å²) in [7, 11) is 0. The third kappa shape index (κ3) is 3.91. The highest BCUT2D eigenvalue weighted by molar-refractivity contribution is 6.30. The molecule has 1 saturated heterocycles. The van der Waals surface area contributed by atoms with Crippen molar-refractivity contribution in [3.05, 3.63) is 53.6 Å². The lowest BCUT2D eigenvalue weighted by Crippen LogP contribution is -2.37. The van der Waals surface area contributed by atoms with Crippen molar-refractivity contribution in [1.29, 1.82) is 0 Å². The first-order valence-electron chi connectivity index (χ1n) is 8.19. The van der Waals surface area contributed by atoms with Gasteiger partial charge in [0.1, 0.15) is 5.75 Å².